The lowest BCUT2D eigenvalue weighted by Gasteiger charge is -2.33. The Morgan fingerprint density at radius 2 is 1.67 bits per heavy atom. The maximum Gasteiger partial charge on any atom is 0.315 e. The van der Waals surface area contributed by atoms with Gasteiger partial charge >= 0.3 is 6.03 Å². The van der Waals surface area contributed by atoms with Gasteiger partial charge in [-0.25, -0.2) is 4.79 Å². The number of halogens is 1. The number of carbonyl (C=O) groups is 2. The smallest absolute Gasteiger partial charge is 0.315 e. The maximum absolute atomic E-state index is 13.1. The molecule has 2 fully saturated rings. The molecular weight excluding hydrogens is 442 g/mol. The third-order valence-corrected chi connectivity index (χ3v) is 6.64. The van der Waals surface area contributed by atoms with Crippen LogP contribution in [0.25, 0.3) is 0 Å². The van der Waals surface area contributed by atoms with Crippen molar-refractivity contribution in [3.05, 3.63) is 22.7 Å². The van der Waals surface area contributed by atoms with Crippen molar-refractivity contribution in [1.29, 1.82) is 0 Å². The second-order valence-electron chi connectivity index (χ2n) is 8.94. The number of nitrogens with one attached hydrogen (secondary N) is 2. The van der Waals surface area contributed by atoms with Gasteiger partial charge in [0.25, 0.3) is 5.91 Å². The third kappa shape index (κ3) is 7.42. The van der Waals surface area contributed by atoms with E-state index in [9.17, 15) is 9.59 Å². The highest BCUT2D eigenvalue weighted by atomic mass is 35.5. The Morgan fingerprint density at radius 1 is 1.00 bits per heavy atom. The van der Waals surface area contributed by atoms with E-state index in [-0.39, 0.29) is 18.0 Å². The number of urea groups is 1. The number of piperidine rings is 1. The van der Waals surface area contributed by atoms with Gasteiger partial charge < -0.3 is 25.0 Å². The van der Waals surface area contributed by atoms with Crippen LogP contribution in [-0.4, -0.2) is 55.2 Å². The molecule has 8 heteroatoms. The molecule has 1 aromatic rings. The zero-order valence-corrected chi connectivity index (χ0v) is 20.7. The Balaban J connectivity index is 1.54. The number of ether oxygens (including phenoxy) is 2. The number of likely N-dealkylation sites (tertiary alicyclic amines) is 1. The Kier molecular flexibility index (Phi) is 9.97. The van der Waals surface area contributed by atoms with Crippen LogP contribution in [0, 0.1) is 0 Å². The van der Waals surface area contributed by atoms with E-state index in [2.05, 4.69) is 17.6 Å². The van der Waals surface area contributed by atoms with Crippen LogP contribution in [-0.2, 0) is 0 Å². The number of unbranched alkanes of at least 4 members (excludes halogenated alkanes) is 1. The van der Waals surface area contributed by atoms with Crippen molar-refractivity contribution in [2.24, 2.45) is 0 Å². The molecule has 0 aromatic heterocycles. The molecular formula is C25H38ClN3O4. The molecule has 0 spiro atoms. The van der Waals surface area contributed by atoms with Gasteiger partial charge in [-0.3, -0.25) is 4.79 Å². The van der Waals surface area contributed by atoms with Crippen molar-refractivity contribution in [3.63, 3.8) is 0 Å². The van der Waals surface area contributed by atoms with Gasteiger partial charge in [0.1, 0.15) is 0 Å². The predicted octanol–water partition coefficient (Wildman–Crippen LogP) is 5.15. The number of benzene rings is 1. The summed E-state index contributed by atoms with van der Waals surface area (Å²) in [5, 5.41) is 6.57. The van der Waals surface area contributed by atoms with Gasteiger partial charge in [-0.1, -0.05) is 44.2 Å². The molecule has 3 rings (SSSR count). The van der Waals surface area contributed by atoms with Crippen molar-refractivity contribution < 1.29 is 19.1 Å². The first-order chi connectivity index (χ1) is 16.0. The summed E-state index contributed by atoms with van der Waals surface area (Å²) in [4.78, 5) is 27.3. The average Bonchev–Trinajstić information content (AvgIpc) is 2.81. The lowest BCUT2D eigenvalue weighted by atomic mass is 9.96. The van der Waals surface area contributed by atoms with Crippen molar-refractivity contribution in [3.8, 4) is 11.5 Å². The van der Waals surface area contributed by atoms with Crippen molar-refractivity contribution in [2.75, 3.05) is 26.3 Å². The highest BCUT2D eigenvalue weighted by Crippen LogP contribution is 2.37. The van der Waals surface area contributed by atoms with Crippen LogP contribution in [0.3, 0.4) is 0 Å². The SMILES string of the molecule is CCCCOc1c(Cl)cc(C(=O)N2CCC(NC(=O)NC3CCCCC3)CC2)cc1OCC. The van der Waals surface area contributed by atoms with Crippen LogP contribution in [0.4, 0.5) is 4.79 Å². The summed E-state index contributed by atoms with van der Waals surface area (Å²) in [5.41, 5.74) is 0.493. The molecule has 1 saturated heterocycles. The minimum Gasteiger partial charge on any atom is -0.490 e. The van der Waals surface area contributed by atoms with E-state index in [0.717, 1.165) is 38.5 Å². The predicted molar refractivity (Wildman–Crippen MR) is 130 cm³/mol. The van der Waals surface area contributed by atoms with E-state index in [1.54, 1.807) is 12.1 Å². The molecule has 0 bridgehead atoms. The summed E-state index contributed by atoms with van der Waals surface area (Å²) in [7, 11) is 0. The minimum absolute atomic E-state index is 0.0783. The van der Waals surface area contributed by atoms with Crippen molar-refractivity contribution in [2.45, 2.75) is 83.7 Å². The van der Waals surface area contributed by atoms with E-state index in [0.29, 0.717) is 54.4 Å². The Morgan fingerprint density at radius 3 is 2.30 bits per heavy atom. The van der Waals surface area contributed by atoms with Gasteiger partial charge in [-0.05, 0) is 51.2 Å². The molecule has 2 aliphatic rings. The highest BCUT2D eigenvalue weighted by Gasteiger charge is 2.27. The first-order valence-corrected chi connectivity index (χ1v) is 12.8. The molecule has 1 aromatic carbocycles. The Bertz CT molecular complexity index is 790. The summed E-state index contributed by atoms with van der Waals surface area (Å²) in [6.07, 6.45) is 9.17. The van der Waals surface area contributed by atoms with Gasteiger partial charge in [-0.15, -0.1) is 0 Å². The van der Waals surface area contributed by atoms with E-state index < -0.39 is 0 Å². The zero-order chi connectivity index (χ0) is 23.6. The molecule has 7 nitrogen and oxygen atoms in total. The fourth-order valence-corrected chi connectivity index (χ4v) is 4.75. The monoisotopic (exact) mass is 479 g/mol. The largest absolute Gasteiger partial charge is 0.490 e. The molecule has 33 heavy (non-hydrogen) atoms. The first-order valence-electron chi connectivity index (χ1n) is 12.5. The Hall–Kier alpha value is -2.15. The van der Waals surface area contributed by atoms with Crippen LogP contribution >= 0.6 is 11.6 Å². The average molecular weight is 480 g/mol. The molecule has 1 saturated carbocycles. The highest BCUT2D eigenvalue weighted by molar-refractivity contribution is 6.32. The summed E-state index contributed by atoms with van der Waals surface area (Å²) in [6.45, 7) is 6.17. The molecule has 0 radical (unpaired) electrons. The van der Waals surface area contributed by atoms with Crippen LogP contribution in [0.5, 0.6) is 11.5 Å². The lowest BCUT2D eigenvalue weighted by Crippen LogP contribution is -2.51. The van der Waals surface area contributed by atoms with Crippen LogP contribution in [0.15, 0.2) is 12.1 Å². The summed E-state index contributed by atoms with van der Waals surface area (Å²) >= 11 is 6.46. The third-order valence-electron chi connectivity index (χ3n) is 6.36. The number of hydrogen-bond acceptors (Lipinski definition) is 4. The molecule has 0 unspecified atom stereocenters. The summed E-state index contributed by atoms with van der Waals surface area (Å²) < 4.78 is 11.5. The molecule has 184 valence electrons. The van der Waals surface area contributed by atoms with Gasteiger partial charge in [0.05, 0.1) is 18.2 Å². The second kappa shape index (κ2) is 12.9. The number of carbonyl (C=O) groups excluding carboxylic acids is 2. The number of nitrogens with zero attached hydrogens (tertiary/aromatic N) is 1. The standard InChI is InChI=1S/C25H38ClN3O4/c1-3-5-15-33-23-21(26)16-18(17-22(23)32-4-2)24(30)29-13-11-20(12-14-29)28-25(31)27-19-9-7-6-8-10-19/h16-17,19-20H,3-15H2,1-2H3,(H2,27,28,31). The minimum atomic E-state index is -0.0847. The fraction of sp³-hybridized carbons (Fsp3) is 0.680. The van der Waals surface area contributed by atoms with Crippen molar-refractivity contribution in [1.82, 2.24) is 15.5 Å². The lowest BCUT2D eigenvalue weighted by molar-refractivity contribution is 0.0707. The van der Waals surface area contributed by atoms with E-state index in [1.807, 2.05) is 11.8 Å². The topological polar surface area (TPSA) is 79.9 Å². The quantitative estimate of drug-likeness (QED) is 0.480. The van der Waals surface area contributed by atoms with Gasteiger partial charge in [0, 0.05) is 30.7 Å². The molecule has 2 N–H and O–H groups in total. The fourth-order valence-electron chi connectivity index (χ4n) is 4.48. The van der Waals surface area contributed by atoms with E-state index in [1.165, 1.54) is 19.3 Å². The van der Waals surface area contributed by atoms with Crippen LogP contribution < -0.4 is 20.1 Å². The molecule has 0 atom stereocenters. The van der Waals surface area contributed by atoms with E-state index >= 15 is 0 Å². The van der Waals surface area contributed by atoms with Gasteiger partial charge in [0.15, 0.2) is 11.5 Å². The van der Waals surface area contributed by atoms with Crippen LogP contribution in [0.1, 0.15) is 82.0 Å². The van der Waals surface area contributed by atoms with Crippen molar-refractivity contribution >= 4 is 23.5 Å². The molecule has 1 aliphatic carbocycles. The number of amides is 3. The summed E-state index contributed by atoms with van der Waals surface area (Å²) in [5.74, 6) is 0.916. The van der Waals surface area contributed by atoms with Gasteiger partial charge in [-0.2, -0.15) is 0 Å². The van der Waals surface area contributed by atoms with Crippen LogP contribution in [0.2, 0.25) is 5.02 Å². The Labute approximate surface area is 202 Å². The van der Waals surface area contributed by atoms with E-state index in [4.69, 9.17) is 21.1 Å². The number of rotatable bonds is 9. The first kappa shape index (κ1) is 25.5. The zero-order valence-electron chi connectivity index (χ0n) is 20.0. The van der Waals surface area contributed by atoms with Gasteiger partial charge in [0.2, 0.25) is 0 Å². The molecule has 1 heterocycles. The maximum atomic E-state index is 13.1. The molecule has 3 amide bonds. The molecule has 1 aliphatic heterocycles. The second-order valence-corrected chi connectivity index (χ2v) is 9.35. The normalized spacial score (nSPS) is 17.5. The summed E-state index contributed by atoms with van der Waals surface area (Å²) in [6, 6.07) is 3.67. The number of hydrogen-bond donors (Lipinski definition) is 2.